The molecule has 8 unspecified atom stereocenters. The first-order chi connectivity index (χ1) is 24.5. The zero-order valence-corrected chi connectivity index (χ0v) is 38.2. The summed E-state index contributed by atoms with van der Waals surface area (Å²) in [6.07, 6.45) is 40.3. The van der Waals surface area contributed by atoms with Crippen molar-refractivity contribution in [1.29, 1.82) is 0 Å². The van der Waals surface area contributed by atoms with Crippen molar-refractivity contribution in [2.45, 2.75) is 87.5 Å². The molecule has 54 heavy (non-hydrogen) atoms. The van der Waals surface area contributed by atoms with E-state index < -0.39 is 0 Å². The number of allylic oxidation sites excluding steroid dienone is 16. The van der Waals surface area contributed by atoms with E-state index in [0.29, 0.717) is 5.92 Å². The Kier molecular flexibility index (Phi) is 13.1. The van der Waals surface area contributed by atoms with E-state index >= 15 is 0 Å². The molecule has 0 saturated heterocycles. The number of fused-ring (bicyclic) bond motifs is 8. The van der Waals surface area contributed by atoms with Crippen LogP contribution < -0.4 is 24.8 Å². The van der Waals surface area contributed by atoms with Crippen molar-refractivity contribution in [2.75, 3.05) is 0 Å². The van der Waals surface area contributed by atoms with Gasteiger partial charge in [-0.3, -0.25) is 6.08 Å². The first-order valence-corrected chi connectivity index (χ1v) is 20.6. The Morgan fingerprint density at radius 1 is 0.722 bits per heavy atom. The fraction of sp³-hybridized carbons (Fsp3) is 0.412. The topological polar surface area (TPSA) is 0 Å². The van der Waals surface area contributed by atoms with Gasteiger partial charge in [0.25, 0.3) is 0 Å². The third-order valence-electron chi connectivity index (χ3n) is 16.1. The van der Waals surface area contributed by atoms with Crippen LogP contribution in [-0.4, -0.2) is 3.21 Å². The molecular weight excluding hydrogens is 775 g/mol. The van der Waals surface area contributed by atoms with Gasteiger partial charge < -0.3 is 31.2 Å². The van der Waals surface area contributed by atoms with E-state index in [9.17, 15) is 0 Å². The van der Waals surface area contributed by atoms with E-state index in [4.69, 9.17) is 0 Å². The second-order valence-corrected chi connectivity index (χ2v) is 19.3. The van der Waals surface area contributed by atoms with Gasteiger partial charge in [0, 0.05) is 10.8 Å². The van der Waals surface area contributed by atoms with Gasteiger partial charge in [-0.2, -0.15) is 6.08 Å². The first-order valence-electron chi connectivity index (χ1n) is 19.3. The maximum absolute atomic E-state index is 2.99. The van der Waals surface area contributed by atoms with Crippen LogP contribution in [0.4, 0.5) is 0 Å². The normalized spacial score (nSPS) is 37.1. The summed E-state index contributed by atoms with van der Waals surface area (Å²) in [4.78, 5) is 0. The van der Waals surface area contributed by atoms with Crippen molar-refractivity contribution in [1.82, 2.24) is 0 Å². The molecule has 2 fully saturated rings. The molecule has 0 amide bonds. The van der Waals surface area contributed by atoms with Gasteiger partial charge in [-0.05, 0) is 28.6 Å². The van der Waals surface area contributed by atoms with Gasteiger partial charge in [0.15, 0.2) is 0 Å². The SMILES string of the molecule is CC(C)([C](=[Zr+2])Cc1ccccc1)c1ccccc1.CC1=CC=CC2[CH-]C3(C)C4(C)C=CC=CC4(C)C4(C)C=CC=CC4(C)C3(C)C12C.[C-]1=CC=CC1.[Cl-].[Cl-]. The van der Waals surface area contributed by atoms with Gasteiger partial charge in [-0.15, -0.1) is 23.8 Å². The predicted octanol–water partition coefficient (Wildman–Crippen LogP) is 6.89. The van der Waals surface area contributed by atoms with Crippen LogP contribution in [-0.2, 0) is 36.1 Å². The van der Waals surface area contributed by atoms with E-state index in [-0.39, 0.29) is 68.1 Å². The molecule has 0 N–H and O–H groups in total. The van der Waals surface area contributed by atoms with Crippen LogP contribution in [0.5, 0.6) is 0 Å². The summed E-state index contributed by atoms with van der Waals surface area (Å²) in [6.45, 7) is 25.0. The maximum Gasteiger partial charge on any atom is 0.00455 e. The minimum Gasteiger partial charge on any atom is -1.00 e. The largest absolute Gasteiger partial charge is 1.00 e. The summed E-state index contributed by atoms with van der Waals surface area (Å²) in [5.41, 5.74) is 4.72. The number of rotatable bonds is 4. The van der Waals surface area contributed by atoms with Crippen LogP contribution in [0, 0.1) is 56.3 Å². The molecule has 0 spiro atoms. The fourth-order valence-electron chi connectivity index (χ4n) is 11.6. The average Bonchev–Trinajstić information content (AvgIpc) is 3.79. The van der Waals surface area contributed by atoms with E-state index in [1.165, 1.54) is 40.9 Å². The summed E-state index contributed by atoms with van der Waals surface area (Å²) in [5.74, 6) is 0.460. The van der Waals surface area contributed by atoms with Gasteiger partial charge in [-0.25, -0.2) is 12.2 Å². The summed E-state index contributed by atoms with van der Waals surface area (Å²) in [6, 6.07) is 21.5. The third-order valence-corrected chi connectivity index (χ3v) is 18.1. The molecule has 0 aliphatic heterocycles. The zero-order chi connectivity index (χ0) is 37.7. The molecule has 6 aliphatic rings. The molecule has 0 aromatic heterocycles. The van der Waals surface area contributed by atoms with E-state index in [2.05, 4.69) is 215 Å². The Labute approximate surface area is 356 Å². The minimum absolute atomic E-state index is 0. The minimum atomic E-state index is 0. The summed E-state index contributed by atoms with van der Waals surface area (Å²) < 4.78 is 1.59. The van der Waals surface area contributed by atoms with Crippen molar-refractivity contribution >= 4 is 3.21 Å². The third kappa shape index (κ3) is 6.13. The smallest absolute Gasteiger partial charge is 0.00455 e. The second kappa shape index (κ2) is 15.9. The number of hydrogen-bond donors (Lipinski definition) is 0. The summed E-state index contributed by atoms with van der Waals surface area (Å²) in [5, 5.41) is 0. The van der Waals surface area contributed by atoms with Crippen LogP contribution in [0.15, 0.2) is 151 Å². The Morgan fingerprint density at radius 2 is 1.24 bits per heavy atom. The number of hydrogen-bond acceptors (Lipinski definition) is 0. The molecule has 2 saturated carbocycles. The molecule has 8 rings (SSSR count). The summed E-state index contributed by atoms with van der Waals surface area (Å²) in [7, 11) is 0. The van der Waals surface area contributed by atoms with Crippen molar-refractivity contribution < 1.29 is 49.0 Å². The predicted molar refractivity (Wildman–Crippen MR) is 220 cm³/mol. The van der Waals surface area contributed by atoms with Gasteiger partial charge in [0.05, 0.1) is 0 Å². The molecule has 2 aromatic rings. The van der Waals surface area contributed by atoms with Crippen LogP contribution in [0.1, 0.15) is 86.8 Å². The Bertz CT molecular complexity index is 1920. The molecule has 0 bridgehead atoms. The quantitative estimate of drug-likeness (QED) is 0.295. The van der Waals surface area contributed by atoms with Crippen molar-refractivity contribution in [3.63, 3.8) is 0 Å². The van der Waals surface area contributed by atoms with E-state index in [1.54, 1.807) is 3.21 Å². The number of halogens is 2. The Morgan fingerprint density at radius 3 is 1.76 bits per heavy atom. The molecule has 2 aromatic carbocycles. The van der Waals surface area contributed by atoms with Gasteiger partial charge in [0.2, 0.25) is 0 Å². The Hall–Kier alpha value is -2.31. The van der Waals surface area contributed by atoms with Gasteiger partial charge >= 0.3 is 125 Å². The van der Waals surface area contributed by atoms with Crippen LogP contribution >= 0.6 is 0 Å². The second-order valence-electron chi connectivity index (χ2n) is 17.8. The van der Waals surface area contributed by atoms with E-state index in [0.717, 1.165) is 12.8 Å². The Balaban J connectivity index is 0.000000222. The molecule has 0 radical (unpaired) electrons. The van der Waals surface area contributed by atoms with Crippen LogP contribution in [0.2, 0.25) is 0 Å². The van der Waals surface area contributed by atoms with Crippen LogP contribution in [0.3, 0.4) is 0 Å². The molecular formula is C51H60Cl2Zr-2. The molecule has 6 aliphatic carbocycles. The molecule has 3 heteroatoms. The van der Waals surface area contributed by atoms with Gasteiger partial charge in [0.1, 0.15) is 0 Å². The zero-order valence-electron chi connectivity index (χ0n) is 34.2. The average molecular weight is 835 g/mol. The van der Waals surface area contributed by atoms with Gasteiger partial charge in [-0.1, -0.05) is 115 Å². The molecule has 0 heterocycles. The molecule has 8 atom stereocenters. The first kappa shape index (κ1) is 44.4. The van der Waals surface area contributed by atoms with Crippen molar-refractivity contribution in [3.05, 3.63) is 175 Å². The maximum atomic E-state index is 2.99. The standard InChI is InChI=1S/C29H37.C17H18.C5H5.2ClH.Zr/c1-21-14-13-15-22-20-27(6)25(4)18-10-9-16-23(25,2)24(3)17-11-12-19-26(24,5)29(27,8)28(21,22)7;1-17(2,16-11-7-4-8-12-16)14-13-15-9-5-3-6-10-15;1-2-4-5-3-1;;;/h9-20,22H,1-8H3;3-12H,13H2,1-2H3;1-3H,4H2;2*1H;/q-1;;-1;;;+2/p-2. The van der Waals surface area contributed by atoms with Crippen LogP contribution in [0.25, 0.3) is 0 Å². The monoisotopic (exact) mass is 832 g/mol. The number of benzene rings is 2. The van der Waals surface area contributed by atoms with E-state index in [1.807, 2.05) is 12.2 Å². The molecule has 284 valence electrons. The fourth-order valence-corrected chi connectivity index (χ4v) is 12.5. The van der Waals surface area contributed by atoms with Crippen molar-refractivity contribution in [2.24, 2.45) is 43.8 Å². The van der Waals surface area contributed by atoms with Crippen molar-refractivity contribution in [3.8, 4) is 0 Å². The summed E-state index contributed by atoms with van der Waals surface area (Å²) >= 11 is 1.53. The molecule has 0 nitrogen and oxygen atoms in total.